The summed E-state index contributed by atoms with van der Waals surface area (Å²) in [4.78, 5) is 11.0. The third-order valence-corrected chi connectivity index (χ3v) is 4.31. The standard InChI is InChI=1S/C13H15BrO/c1-3-9-4-5-11-10(7-15)6-12(14)8(2)13(9)11/h6-7,9H,3-5H2,1-2H3. The van der Waals surface area contributed by atoms with Gasteiger partial charge in [-0.1, -0.05) is 22.9 Å². The van der Waals surface area contributed by atoms with Crippen LogP contribution in [0.15, 0.2) is 10.5 Å². The zero-order valence-corrected chi connectivity index (χ0v) is 10.7. The van der Waals surface area contributed by atoms with E-state index in [0.29, 0.717) is 5.92 Å². The molecule has 2 rings (SSSR count). The van der Waals surface area contributed by atoms with Gasteiger partial charge < -0.3 is 0 Å². The molecule has 0 spiro atoms. The Morgan fingerprint density at radius 1 is 1.60 bits per heavy atom. The second-order valence-electron chi connectivity index (χ2n) is 4.23. The second-order valence-corrected chi connectivity index (χ2v) is 5.08. The fourth-order valence-corrected chi connectivity index (χ4v) is 3.11. The Balaban J connectivity index is 2.66. The van der Waals surface area contributed by atoms with Gasteiger partial charge in [0.1, 0.15) is 6.29 Å². The van der Waals surface area contributed by atoms with E-state index in [1.54, 1.807) is 0 Å². The molecule has 1 aromatic carbocycles. The van der Waals surface area contributed by atoms with Crippen molar-refractivity contribution in [2.24, 2.45) is 0 Å². The third-order valence-electron chi connectivity index (χ3n) is 3.49. The molecule has 1 aliphatic rings. The van der Waals surface area contributed by atoms with Gasteiger partial charge in [0, 0.05) is 10.0 Å². The maximum atomic E-state index is 11.0. The van der Waals surface area contributed by atoms with Crippen molar-refractivity contribution in [1.29, 1.82) is 0 Å². The first-order chi connectivity index (χ1) is 7.19. The van der Waals surface area contributed by atoms with Crippen LogP contribution in [-0.2, 0) is 6.42 Å². The van der Waals surface area contributed by atoms with Crippen LogP contribution in [0.4, 0.5) is 0 Å². The molecule has 0 fully saturated rings. The molecule has 0 aliphatic heterocycles. The Bertz CT molecular complexity index is 409. The van der Waals surface area contributed by atoms with Crippen molar-refractivity contribution < 1.29 is 4.79 Å². The van der Waals surface area contributed by atoms with E-state index in [1.807, 2.05) is 6.07 Å². The zero-order chi connectivity index (χ0) is 11.0. The molecule has 80 valence electrons. The fourth-order valence-electron chi connectivity index (χ4n) is 2.65. The SMILES string of the molecule is CCC1CCc2c(C=O)cc(Br)c(C)c21. The van der Waals surface area contributed by atoms with Crippen molar-refractivity contribution in [2.75, 3.05) is 0 Å². The highest BCUT2D eigenvalue weighted by atomic mass is 79.9. The van der Waals surface area contributed by atoms with Gasteiger partial charge in [0.2, 0.25) is 0 Å². The van der Waals surface area contributed by atoms with Crippen molar-refractivity contribution in [3.63, 3.8) is 0 Å². The van der Waals surface area contributed by atoms with Gasteiger partial charge in [0.15, 0.2) is 0 Å². The monoisotopic (exact) mass is 266 g/mol. The van der Waals surface area contributed by atoms with Gasteiger partial charge in [-0.3, -0.25) is 4.79 Å². The molecule has 0 bridgehead atoms. The molecule has 0 N–H and O–H groups in total. The molecule has 1 aromatic rings. The summed E-state index contributed by atoms with van der Waals surface area (Å²) in [6.07, 6.45) is 4.42. The smallest absolute Gasteiger partial charge is 0.150 e. The Hall–Kier alpha value is -0.630. The summed E-state index contributed by atoms with van der Waals surface area (Å²) in [5, 5.41) is 0. The van der Waals surface area contributed by atoms with Crippen LogP contribution in [0.25, 0.3) is 0 Å². The van der Waals surface area contributed by atoms with Gasteiger partial charge >= 0.3 is 0 Å². The van der Waals surface area contributed by atoms with Crippen molar-refractivity contribution in [3.05, 3.63) is 32.8 Å². The Labute approximate surface area is 99.0 Å². The summed E-state index contributed by atoms with van der Waals surface area (Å²) >= 11 is 3.54. The molecule has 15 heavy (non-hydrogen) atoms. The Morgan fingerprint density at radius 3 is 2.93 bits per heavy atom. The van der Waals surface area contributed by atoms with Crippen molar-refractivity contribution in [3.8, 4) is 0 Å². The van der Waals surface area contributed by atoms with E-state index in [2.05, 4.69) is 29.8 Å². The lowest BCUT2D eigenvalue weighted by Gasteiger charge is -2.14. The molecule has 1 unspecified atom stereocenters. The Morgan fingerprint density at radius 2 is 2.33 bits per heavy atom. The first kappa shape index (κ1) is 10.9. The number of aldehydes is 1. The largest absolute Gasteiger partial charge is 0.298 e. The van der Waals surface area contributed by atoms with E-state index < -0.39 is 0 Å². The lowest BCUT2D eigenvalue weighted by atomic mass is 9.92. The zero-order valence-electron chi connectivity index (χ0n) is 9.14. The molecule has 1 nitrogen and oxygen atoms in total. The number of hydrogen-bond acceptors (Lipinski definition) is 1. The molecule has 0 amide bonds. The van der Waals surface area contributed by atoms with Crippen molar-refractivity contribution in [2.45, 2.75) is 39.0 Å². The lowest BCUT2D eigenvalue weighted by molar-refractivity contribution is 0.112. The quantitative estimate of drug-likeness (QED) is 0.740. The Kier molecular flexibility index (Phi) is 2.96. The van der Waals surface area contributed by atoms with Crippen LogP contribution in [0.1, 0.15) is 52.7 Å². The van der Waals surface area contributed by atoms with E-state index in [9.17, 15) is 4.79 Å². The van der Waals surface area contributed by atoms with Crippen LogP contribution in [0.5, 0.6) is 0 Å². The summed E-state index contributed by atoms with van der Waals surface area (Å²) in [5.74, 6) is 0.649. The normalized spacial score (nSPS) is 19.0. The molecule has 0 saturated carbocycles. The number of fused-ring (bicyclic) bond motifs is 1. The highest BCUT2D eigenvalue weighted by Crippen LogP contribution is 2.41. The van der Waals surface area contributed by atoms with E-state index in [-0.39, 0.29) is 0 Å². The van der Waals surface area contributed by atoms with E-state index in [1.165, 1.54) is 29.5 Å². The van der Waals surface area contributed by atoms with E-state index >= 15 is 0 Å². The summed E-state index contributed by atoms with van der Waals surface area (Å²) in [7, 11) is 0. The topological polar surface area (TPSA) is 17.1 Å². The average molecular weight is 267 g/mol. The minimum atomic E-state index is 0.649. The second kappa shape index (κ2) is 4.09. The average Bonchev–Trinajstić information content (AvgIpc) is 2.67. The summed E-state index contributed by atoms with van der Waals surface area (Å²) in [6.45, 7) is 4.37. The predicted molar refractivity (Wildman–Crippen MR) is 65.6 cm³/mol. The number of halogens is 1. The lowest BCUT2D eigenvalue weighted by Crippen LogP contribution is -1.99. The van der Waals surface area contributed by atoms with Gasteiger partial charge in [-0.25, -0.2) is 0 Å². The van der Waals surface area contributed by atoms with E-state index in [0.717, 1.165) is 22.7 Å². The van der Waals surface area contributed by atoms with Gasteiger partial charge in [-0.05, 0) is 54.9 Å². The highest BCUT2D eigenvalue weighted by molar-refractivity contribution is 9.10. The third kappa shape index (κ3) is 1.65. The van der Waals surface area contributed by atoms with Crippen LogP contribution in [0, 0.1) is 6.92 Å². The molecule has 1 atom stereocenters. The number of hydrogen-bond donors (Lipinski definition) is 0. The van der Waals surface area contributed by atoms with Gasteiger partial charge in [0.05, 0.1) is 0 Å². The number of carbonyl (C=O) groups is 1. The number of carbonyl (C=O) groups excluding carboxylic acids is 1. The first-order valence-electron chi connectivity index (χ1n) is 5.46. The van der Waals surface area contributed by atoms with Crippen LogP contribution in [0.2, 0.25) is 0 Å². The van der Waals surface area contributed by atoms with Crippen LogP contribution >= 0.6 is 15.9 Å². The first-order valence-corrected chi connectivity index (χ1v) is 6.25. The van der Waals surface area contributed by atoms with Gasteiger partial charge in [-0.2, -0.15) is 0 Å². The van der Waals surface area contributed by atoms with Gasteiger partial charge in [0.25, 0.3) is 0 Å². The van der Waals surface area contributed by atoms with E-state index in [4.69, 9.17) is 0 Å². The molecule has 0 heterocycles. The maximum absolute atomic E-state index is 11.0. The minimum Gasteiger partial charge on any atom is -0.298 e. The predicted octanol–water partition coefficient (Wildman–Crippen LogP) is 4.01. The summed E-state index contributed by atoms with van der Waals surface area (Å²) in [5.41, 5.74) is 4.91. The summed E-state index contributed by atoms with van der Waals surface area (Å²) in [6, 6.07) is 1.96. The van der Waals surface area contributed by atoms with Crippen LogP contribution in [-0.4, -0.2) is 6.29 Å². The molecule has 0 radical (unpaired) electrons. The minimum absolute atomic E-state index is 0.649. The highest BCUT2D eigenvalue weighted by Gasteiger charge is 2.26. The van der Waals surface area contributed by atoms with Gasteiger partial charge in [-0.15, -0.1) is 0 Å². The molecular formula is C13H15BrO. The molecular weight excluding hydrogens is 252 g/mol. The number of rotatable bonds is 2. The summed E-state index contributed by atoms with van der Waals surface area (Å²) < 4.78 is 1.07. The fraction of sp³-hybridized carbons (Fsp3) is 0.462. The van der Waals surface area contributed by atoms with Crippen LogP contribution in [0.3, 0.4) is 0 Å². The van der Waals surface area contributed by atoms with Crippen LogP contribution < -0.4 is 0 Å². The molecule has 1 aliphatic carbocycles. The van der Waals surface area contributed by atoms with Crippen molar-refractivity contribution >= 4 is 22.2 Å². The maximum Gasteiger partial charge on any atom is 0.150 e. The molecule has 2 heteroatoms. The number of benzene rings is 1. The molecule has 0 aromatic heterocycles. The molecule has 0 saturated heterocycles. The van der Waals surface area contributed by atoms with Crippen molar-refractivity contribution in [1.82, 2.24) is 0 Å².